The first-order valence-corrected chi connectivity index (χ1v) is 14.3. The summed E-state index contributed by atoms with van der Waals surface area (Å²) in [6.07, 6.45) is 0.825. The van der Waals surface area contributed by atoms with Crippen molar-refractivity contribution in [2.45, 2.75) is 56.5 Å². The highest BCUT2D eigenvalue weighted by Crippen LogP contribution is 2.45. The standard InChI is InChI=1S/C33H40N2O7/c1-40-28-16-12-25(13-17-28)33(26-14-18-29(41-2)19-15-26,42-23-24-9-5-3-6-10-24)30-21-27(36)22-35(30)31(37)11-7-4-8-20-34-32(38)39/h3,5-6,9-10,12-19,27,30,34,36H,4,7-8,11,20-23H2,1-2H3,(H,38,39). The Bertz CT molecular complexity index is 1230. The predicted molar refractivity (Wildman–Crippen MR) is 159 cm³/mol. The first-order chi connectivity index (χ1) is 20.4. The molecule has 1 aliphatic rings. The van der Waals surface area contributed by atoms with Gasteiger partial charge in [0.25, 0.3) is 0 Å². The van der Waals surface area contributed by atoms with E-state index in [2.05, 4.69) is 5.32 Å². The second kappa shape index (κ2) is 14.7. The van der Waals surface area contributed by atoms with E-state index in [1.807, 2.05) is 78.9 Å². The Labute approximate surface area is 247 Å². The third-order valence-electron chi connectivity index (χ3n) is 7.76. The summed E-state index contributed by atoms with van der Waals surface area (Å²) in [5.41, 5.74) is 1.53. The lowest BCUT2D eigenvalue weighted by atomic mass is 9.78. The molecule has 3 aromatic rings. The van der Waals surface area contributed by atoms with Gasteiger partial charge in [-0.3, -0.25) is 4.79 Å². The quantitative estimate of drug-likeness (QED) is 0.232. The number of rotatable bonds is 14. The predicted octanol–water partition coefficient (Wildman–Crippen LogP) is 4.95. The molecule has 9 nitrogen and oxygen atoms in total. The van der Waals surface area contributed by atoms with Crippen molar-refractivity contribution in [3.05, 3.63) is 95.6 Å². The highest BCUT2D eigenvalue weighted by Gasteiger charge is 2.51. The molecule has 1 fully saturated rings. The van der Waals surface area contributed by atoms with E-state index in [9.17, 15) is 14.7 Å². The molecule has 9 heteroatoms. The van der Waals surface area contributed by atoms with Gasteiger partial charge in [0.05, 0.1) is 33.0 Å². The van der Waals surface area contributed by atoms with Crippen molar-refractivity contribution in [2.75, 3.05) is 27.3 Å². The molecular weight excluding hydrogens is 536 g/mol. The number of nitrogens with one attached hydrogen (secondary N) is 1. The Balaban J connectivity index is 1.72. The fraction of sp³-hybridized carbons (Fsp3) is 0.394. The minimum atomic E-state index is -1.12. The maximum atomic E-state index is 13.7. The van der Waals surface area contributed by atoms with Crippen LogP contribution in [0.2, 0.25) is 0 Å². The minimum Gasteiger partial charge on any atom is -0.497 e. The van der Waals surface area contributed by atoms with Gasteiger partial charge in [0.2, 0.25) is 5.91 Å². The number of benzene rings is 3. The number of amides is 2. The normalized spacial score (nSPS) is 16.7. The summed E-state index contributed by atoms with van der Waals surface area (Å²) < 4.78 is 17.8. The average molecular weight is 577 g/mol. The zero-order valence-electron chi connectivity index (χ0n) is 24.2. The molecule has 3 N–H and O–H groups in total. The fourth-order valence-electron chi connectivity index (χ4n) is 5.65. The monoisotopic (exact) mass is 576 g/mol. The third kappa shape index (κ3) is 7.40. The van der Waals surface area contributed by atoms with Gasteiger partial charge in [-0.15, -0.1) is 0 Å². The molecule has 2 amide bonds. The summed E-state index contributed by atoms with van der Waals surface area (Å²) in [5.74, 6) is 1.32. The summed E-state index contributed by atoms with van der Waals surface area (Å²) in [6.45, 7) is 0.830. The molecule has 0 radical (unpaired) electrons. The topological polar surface area (TPSA) is 118 Å². The van der Waals surface area contributed by atoms with Crippen LogP contribution in [0.1, 0.15) is 48.8 Å². The number of carboxylic acid groups (broad SMARTS) is 1. The summed E-state index contributed by atoms with van der Waals surface area (Å²) in [6, 6.07) is 24.7. The van der Waals surface area contributed by atoms with Crippen LogP contribution < -0.4 is 14.8 Å². The van der Waals surface area contributed by atoms with Crippen LogP contribution in [0.3, 0.4) is 0 Å². The number of unbranched alkanes of at least 4 members (excludes halogenated alkanes) is 2. The Hall–Kier alpha value is -4.08. The van der Waals surface area contributed by atoms with Gasteiger partial charge in [0.15, 0.2) is 0 Å². The highest BCUT2D eigenvalue weighted by molar-refractivity contribution is 5.77. The molecule has 3 aromatic carbocycles. The molecule has 2 atom stereocenters. The van der Waals surface area contributed by atoms with Gasteiger partial charge in [-0.2, -0.15) is 0 Å². The van der Waals surface area contributed by atoms with E-state index in [0.29, 0.717) is 43.7 Å². The smallest absolute Gasteiger partial charge is 0.404 e. The molecule has 1 saturated heterocycles. The number of hydrogen-bond acceptors (Lipinski definition) is 6. The highest BCUT2D eigenvalue weighted by atomic mass is 16.5. The van der Waals surface area contributed by atoms with Gasteiger partial charge >= 0.3 is 6.09 Å². The van der Waals surface area contributed by atoms with E-state index < -0.39 is 23.8 Å². The van der Waals surface area contributed by atoms with E-state index in [1.165, 1.54) is 0 Å². The molecule has 2 unspecified atom stereocenters. The molecular formula is C33H40N2O7. The number of methoxy groups -OCH3 is 2. The van der Waals surface area contributed by atoms with E-state index in [1.54, 1.807) is 19.1 Å². The van der Waals surface area contributed by atoms with Crippen molar-refractivity contribution < 1.29 is 34.0 Å². The molecule has 0 bridgehead atoms. The molecule has 1 heterocycles. The lowest BCUT2D eigenvalue weighted by Gasteiger charge is -2.44. The van der Waals surface area contributed by atoms with Crippen molar-refractivity contribution >= 4 is 12.0 Å². The summed E-state index contributed by atoms with van der Waals surface area (Å²) in [7, 11) is 3.23. The molecule has 42 heavy (non-hydrogen) atoms. The summed E-state index contributed by atoms with van der Waals surface area (Å²) >= 11 is 0. The van der Waals surface area contributed by atoms with E-state index in [4.69, 9.17) is 19.3 Å². The zero-order valence-corrected chi connectivity index (χ0v) is 24.2. The minimum absolute atomic E-state index is 0.0718. The molecule has 0 aromatic heterocycles. The van der Waals surface area contributed by atoms with Gasteiger partial charge in [-0.25, -0.2) is 4.79 Å². The average Bonchev–Trinajstić information content (AvgIpc) is 3.42. The van der Waals surface area contributed by atoms with Crippen LogP contribution in [0, 0.1) is 0 Å². The van der Waals surface area contributed by atoms with Crippen molar-refractivity contribution in [3.8, 4) is 11.5 Å². The Morgan fingerprint density at radius 3 is 2.02 bits per heavy atom. The largest absolute Gasteiger partial charge is 0.497 e. The van der Waals surface area contributed by atoms with Crippen LogP contribution >= 0.6 is 0 Å². The van der Waals surface area contributed by atoms with E-state index in [-0.39, 0.29) is 25.5 Å². The number of carbonyl (C=O) groups excluding carboxylic acids is 1. The Morgan fingerprint density at radius 1 is 0.881 bits per heavy atom. The van der Waals surface area contributed by atoms with Crippen LogP contribution in [0.4, 0.5) is 4.79 Å². The maximum Gasteiger partial charge on any atom is 0.404 e. The molecule has 4 rings (SSSR count). The fourth-order valence-corrected chi connectivity index (χ4v) is 5.65. The number of nitrogens with zero attached hydrogens (tertiary/aromatic N) is 1. The molecule has 0 aliphatic carbocycles. The third-order valence-corrected chi connectivity index (χ3v) is 7.76. The number of ether oxygens (including phenoxy) is 3. The van der Waals surface area contributed by atoms with Crippen molar-refractivity contribution in [1.82, 2.24) is 10.2 Å². The second-order valence-electron chi connectivity index (χ2n) is 10.5. The SMILES string of the molecule is COc1ccc(C(OCc2ccccc2)(c2ccc(OC)cc2)C2CC(O)CN2C(=O)CCCCCNC(=O)O)cc1. The zero-order chi connectivity index (χ0) is 30.0. The number of likely N-dealkylation sites (tertiary alicyclic amines) is 1. The first kappa shape index (κ1) is 30.9. The Kier molecular flexibility index (Phi) is 10.8. The number of carbonyl (C=O) groups is 2. The van der Waals surface area contributed by atoms with Crippen molar-refractivity contribution in [3.63, 3.8) is 0 Å². The van der Waals surface area contributed by atoms with Gasteiger partial charge in [-0.1, -0.05) is 61.0 Å². The number of aliphatic hydroxyl groups excluding tert-OH is 1. The van der Waals surface area contributed by atoms with Crippen LogP contribution in [0.5, 0.6) is 11.5 Å². The number of β-amino-alcohol motifs (C(OH)–C–C–N with tert-alkyl or cyclic N) is 1. The molecule has 0 saturated carbocycles. The van der Waals surface area contributed by atoms with Crippen LogP contribution in [-0.4, -0.2) is 66.6 Å². The van der Waals surface area contributed by atoms with Crippen molar-refractivity contribution in [2.24, 2.45) is 0 Å². The number of aliphatic hydroxyl groups is 1. The van der Waals surface area contributed by atoms with Gasteiger partial charge in [0.1, 0.15) is 17.1 Å². The van der Waals surface area contributed by atoms with Crippen LogP contribution in [0.25, 0.3) is 0 Å². The van der Waals surface area contributed by atoms with Gasteiger partial charge in [-0.05, 0) is 60.2 Å². The van der Waals surface area contributed by atoms with E-state index >= 15 is 0 Å². The van der Waals surface area contributed by atoms with Crippen LogP contribution in [-0.2, 0) is 21.7 Å². The van der Waals surface area contributed by atoms with Gasteiger partial charge < -0.3 is 34.6 Å². The summed E-state index contributed by atoms with van der Waals surface area (Å²) in [5, 5.41) is 22.1. The first-order valence-electron chi connectivity index (χ1n) is 14.3. The molecule has 224 valence electrons. The van der Waals surface area contributed by atoms with Crippen molar-refractivity contribution in [1.29, 1.82) is 0 Å². The van der Waals surface area contributed by atoms with E-state index in [0.717, 1.165) is 16.7 Å². The van der Waals surface area contributed by atoms with Crippen LogP contribution in [0.15, 0.2) is 78.9 Å². The Morgan fingerprint density at radius 2 is 1.48 bits per heavy atom. The summed E-state index contributed by atoms with van der Waals surface area (Å²) in [4.78, 5) is 26.2. The molecule has 0 spiro atoms. The lowest BCUT2D eigenvalue weighted by molar-refractivity contribution is -0.141. The second-order valence-corrected chi connectivity index (χ2v) is 10.5. The van der Waals surface area contributed by atoms with Gasteiger partial charge in [0, 0.05) is 19.5 Å². The molecule has 1 aliphatic heterocycles. The maximum absolute atomic E-state index is 13.7. The lowest BCUT2D eigenvalue weighted by Crippen LogP contribution is -2.52. The number of hydrogen-bond donors (Lipinski definition) is 3.